The molecule has 3 nitrogen and oxygen atoms in total. The number of aldehydes is 1. The summed E-state index contributed by atoms with van der Waals surface area (Å²) in [6, 6.07) is 0. The van der Waals surface area contributed by atoms with Gasteiger partial charge in [0.05, 0.1) is 12.5 Å². The predicted octanol–water partition coefficient (Wildman–Crippen LogP) is 1.97. The van der Waals surface area contributed by atoms with Crippen molar-refractivity contribution < 1.29 is 14.3 Å². The minimum atomic E-state index is -0.151. The fraction of sp³-hybridized carbons (Fsp3) is 0.667. The van der Waals surface area contributed by atoms with E-state index >= 15 is 0 Å². The van der Waals surface area contributed by atoms with Crippen LogP contribution in [0.5, 0.6) is 0 Å². The van der Waals surface area contributed by atoms with Crippen LogP contribution in [0.15, 0.2) is 11.6 Å². The van der Waals surface area contributed by atoms with Gasteiger partial charge in [-0.3, -0.25) is 9.59 Å². The van der Waals surface area contributed by atoms with Gasteiger partial charge in [-0.15, -0.1) is 0 Å². The lowest BCUT2D eigenvalue weighted by atomic mass is 10.1. The molecule has 84 valence electrons. The van der Waals surface area contributed by atoms with Gasteiger partial charge < -0.3 is 4.74 Å². The molecule has 0 N–H and O–H groups in total. The van der Waals surface area contributed by atoms with Crippen LogP contribution in [0.25, 0.3) is 0 Å². The van der Waals surface area contributed by atoms with Crippen LogP contribution in [0, 0.1) is 17.3 Å². The van der Waals surface area contributed by atoms with E-state index in [0.29, 0.717) is 12.2 Å². The first kappa shape index (κ1) is 12.0. The third-order valence-corrected chi connectivity index (χ3v) is 3.08. The molecule has 1 aliphatic rings. The van der Waals surface area contributed by atoms with E-state index in [1.165, 1.54) is 0 Å². The van der Waals surface area contributed by atoms with Crippen LogP contribution in [-0.2, 0) is 14.3 Å². The Balaban J connectivity index is 2.71. The van der Waals surface area contributed by atoms with E-state index in [4.69, 9.17) is 4.74 Å². The number of hydrogen-bond donors (Lipinski definition) is 0. The summed E-state index contributed by atoms with van der Waals surface area (Å²) >= 11 is 0. The topological polar surface area (TPSA) is 43.4 Å². The SMILES string of the molecule is CCOC(=O)[C@H]1[C@@H](/C=C(\C)C=O)C1(C)C. The van der Waals surface area contributed by atoms with E-state index in [2.05, 4.69) is 0 Å². The van der Waals surface area contributed by atoms with Gasteiger partial charge in [-0.1, -0.05) is 19.9 Å². The monoisotopic (exact) mass is 210 g/mol. The second-order valence-corrected chi connectivity index (χ2v) is 4.61. The Morgan fingerprint density at radius 1 is 1.47 bits per heavy atom. The fourth-order valence-corrected chi connectivity index (χ4v) is 1.99. The highest BCUT2D eigenvalue weighted by Crippen LogP contribution is 2.59. The lowest BCUT2D eigenvalue weighted by molar-refractivity contribution is -0.145. The second kappa shape index (κ2) is 4.17. The Bertz CT molecular complexity index is 302. The number of carbonyl (C=O) groups is 2. The minimum absolute atomic E-state index is 0.0729. The summed E-state index contributed by atoms with van der Waals surface area (Å²) in [6.45, 7) is 8.01. The molecular weight excluding hydrogens is 192 g/mol. The molecule has 1 rings (SSSR count). The zero-order valence-electron chi connectivity index (χ0n) is 9.74. The first-order chi connectivity index (χ1) is 6.95. The van der Waals surface area contributed by atoms with Crippen LogP contribution in [-0.4, -0.2) is 18.9 Å². The third-order valence-electron chi connectivity index (χ3n) is 3.08. The molecule has 0 radical (unpaired) electrons. The van der Waals surface area contributed by atoms with Crippen molar-refractivity contribution in [3.05, 3.63) is 11.6 Å². The van der Waals surface area contributed by atoms with Crippen LogP contribution in [0.2, 0.25) is 0 Å². The average Bonchev–Trinajstić information content (AvgIpc) is 2.68. The molecule has 3 heteroatoms. The van der Waals surface area contributed by atoms with Gasteiger partial charge in [0.25, 0.3) is 0 Å². The second-order valence-electron chi connectivity index (χ2n) is 4.61. The van der Waals surface area contributed by atoms with Gasteiger partial charge in [0.1, 0.15) is 6.29 Å². The normalized spacial score (nSPS) is 28.4. The van der Waals surface area contributed by atoms with Gasteiger partial charge in [-0.2, -0.15) is 0 Å². The third kappa shape index (κ3) is 2.28. The lowest BCUT2D eigenvalue weighted by Gasteiger charge is -2.01. The van der Waals surface area contributed by atoms with Crippen molar-refractivity contribution in [2.24, 2.45) is 17.3 Å². The Hall–Kier alpha value is -1.12. The van der Waals surface area contributed by atoms with Gasteiger partial charge in [0, 0.05) is 0 Å². The molecule has 0 aromatic carbocycles. The first-order valence-corrected chi connectivity index (χ1v) is 5.25. The van der Waals surface area contributed by atoms with E-state index in [1.54, 1.807) is 13.8 Å². The Labute approximate surface area is 90.5 Å². The maximum atomic E-state index is 11.6. The highest BCUT2D eigenvalue weighted by Gasteiger charge is 2.61. The summed E-state index contributed by atoms with van der Waals surface area (Å²) in [6.07, 6.45) is 2.69. The number of hydrogen-bond acceptors (Lipinski definition) is 3. The van der Waals surface area contributed by atoms with Gasteiger partial charge in [-0.05, 0) is 30.8 Å². The molecule has 15 heavy (non-hydrogen) atoms. The molecule has 0 saturated heterocycles. The van der Waals surface area contributed by atoms with E-state index in [-0.39, 0.29) is 23.2 Å². The summed E-state index contributed by atoms with van der Waals surface area (Å²) in [5.74, 6) is -0.100. The Kier molecular flexibility index (Phi) is 3.32. The molecule has 1 fully saturated rings. The highest BCUT2D eigenvalue weighted by atomic mass is 16.5. The van der Waals surface area contributed by atoms with Crippen molar-refractivity contribution >= 4 is 12.3 Å². The van der Waals surface area contributed by atoms with Crippen molar-refractivity contribution in [2.75, 3.05) is 6.61 Å². The van der Waals surface area contributed by atoms with Crippen LogP contribution in [0.4, 0.5) is 0 Å². The average molecular weight is 210 g/mol. The molecule has 1 saturated carbocycles. The van der Waals surface area contributed by atoms with Crippen molar-refractivity contribution in [2.45, 2.75) is 27.7 Å². The summed E-state index contributed by atoms with van der Waals surface area (Å²) in [5.41, 5.74) is 0.608. The lowest BCUT2D eigenvalue weighted by Crippen LogP contribution is -2.10. The van der Waals surface area contributed by atoms with Crippen molar-refractivity contribution in [3.8, 4) is 0 Å². The highest BCUT2D eigenvalue weighted by molar-refractivity contribution is 5.79. The molecular formula is C12H18O3. The predicted molar refractivity (Wildman–Crippen MR) is 57.2 cm³/mol. The largest absolute Gasteiger partial charge is 0.466 e. The minimum Gasteiger partial charge on any atom is -0.466 e. The van der Waals surface area contributed by atoms with Crippen LogP contribution >= 0.6 is 0 Å². The molecule has 0 unspecified atom stereocenters. The van der Waals surface area contributed by atoms with Crippen molar-refractivity contribution in [1.82, 2.24) is 0 Å². The first-order valence-electron chi connectivity index (χ1n) is 5.25. The standard InChI is InChI=1S/C12H18O3/c1-5-15-11(14)10-9(12(10,3)4)6-8(2)7-13/h6-7,9-10H,5H2,1-4H3/b8-6+/t9-,10-/m1/s1. The molecule has 0 spiro atoms. The molecule has 0 bridgehead atoms. The molecule has 0 aliphatic heterocycles. The summed E-state index contributed by atoms with van der Waals surface area (Å²) in [5, 5.41) is 0. The summed E-state index contributed by atoms with van der Waals surface area (Å²) < 4.78 is 4.99. The quantitative estimate of drug-likeness (QED) is 0.405. The number of rotatable bonds is 4. The number of ether oxygens (including phenoxy) is 1. The maximum Gasteiger partial charge on any atom is 0.310 e. The van der Waals surface area contributed by atoms with Crippen molar-refractivity contribution in [1.29, 1.82) is 0 Å². The van der Waals surface area contributed by atoms with E-state index in [9.17, 15) is 9.59 Å². The number of carbonyl (C=O) groups excluding carboxylic acids is 2. The van der Waals surface area contributed by atoms with E-state index < -0.39 is 0 Å². The van der Waals surface area contributed by atoms with Gasteiger partial charge in [-0.25, -0.2) is 0 Å². The maximum absolute atomic E-state index is 11.6. The summed E-state index contributed by atoms with van der Waals surface area (Å²) in [4.78, 5) is 22.1. The molecule has 0 aromatic heterocycles. The summed E-state index contributed by atoms with van der Waals surface area (Å²) in [7, 11) is 0. The molecule has 0 aromatic rings. The van der Waals surface area contributed by atoms with Gasteiger partial charge >= 0.3 is 5.97 Å². The van der Waals surface area contributed by atoms with Gasteiger partial charge in [0.2, 0.25) is 0 Å². The fourth-order valence-electron chi connectivity index (χ4n) is 1.99. The number of allylic oxidation sites excluding steroid dienone is 2. The van der Waals surface area contributed by atoms with Crippen molar-refractivity contribution in [3.63, 3.8) is 0 Å². The number of esters is 1. The van der Waals surface area contributed by atoms with Gasteiger partial charge in [0.15, 0.2) is 0 Å². The Morgan fingerprint density at radius 2 is 2.07 bits per heavy atom. The zero-order chi connectivity index (χ0) is 11.6. The molecule has 0 amide bonds. The van der Waals surface area contributed by atoms with Crippen LogP contribution in [0.3, 0.4) is 0 Å². The smallest absolute Gasteiger partial charge is 0.310 e. The molecule has 2 atom stereocenters. The van der Waals surface area contributed by atoms with Crippen LogP contribution < -0.4 is 0 Å². The zero-order valence-corrected chi connectivity index (χ0v) is 9.74. The van der Waals surface area contributed by atoms with E-state index in [0.717, 1.165) is 6.29 Å². The van der Waals surface area contributed by atoms with E-state index in [1.807, 2.05) is 19.9 Å². The Morgan fingerprint density at radius 3 is 2.53 bits per heavy atom. The van der Waals surface area contributed by atoms with Crippen LogP contribution in [0.1, 0.15) is 27.7 Å². The molecule has 1 aliphatic carbocycles. The molecule has 0 heterocycles.